The largest absolute Gasteiger partial charge is 0.325 e. The lowest BCUT2D eigenvalue weighted by Gasteiger charge is -2.15. The summed E-state index contributed by atoms with van der Waals surface area (Å²) in [6, 6.07) is 20.4. The first-order valence-electron chi connectivity index (χ1n) is 10.3. The minimum Gasteiger partial charge on any atom is -0.325 e. The van der Waals surface area contributed by atoms with Gasteiger partial charge in [0.25, 0.3) is 5.56 Å². The number of fused-ring (bicyclic) bond motifs is 1. The Kier molecular flexibility index (Phi) is 6.63. The molecule has 3 aromatic carbocycles. The molecule has 162 valence electrons. The maximum atomic E-state index is 13.4. The molecule has 0 unspecified atom stereocenters. The molecular formula is C25H22ClN3O2S. The van der Waals surface area contributed by atoms with Crippen molar-refractivity contribution < 1.29 is 4.79 Å². The number of carbonyl (C=O) groups excluding carboxylic acids is 1. The van der Waals surface area contributed by atoms with Crippen LogP contribution in [0.5, 0.6) is 0 Å². The van der Waals surface area contributed by atoms with Gasteiger partial charge in [0.05, 0.1) is 22.3 Å². The van der Waals surface area contributed by atoms with Crippen molar-refractivity contribution in [2.24, 2.45) is 0 Å². The van der Waals surface area contributed by atoms with Gasteiger partial charge in [-0.2, -0.15) is 0 Å². The molecule has 0 radical (unpaired) electrons. The number of aromatic nitrogens is 2. The number of nitrogens with one attached hydrogen (secondary N) is 1. The molecule has 1 amide bonds. The topological polar surface area (TPSA) is 64.0 Å². The zero-order valence-electron chi connectivity index (χ0n) is 17.8. The third kappa shape index (κ3) is 4.56. The number of para-hydroxylation sites is 1. The summed E-state index contributed by atoms with van der Waals surface area (Å²) in [6.45, 7) is 3.95. The van der Waals surface area contributed by atoms with Gasteiger partial charge < -0.3 is 5.32 Å². The van der Waals surface area contributed by atoms with Crippen LogP contribution in [0.3, 0.4) is 0 Å². The summed E-state index contributed by atoms with van der Waals surface area (Å²) < 4.78 is 1.54. The van der Waals surface area contributed by atoms with Crippen LogP contribution in [-0.2, 0) is 11.2 Å². The zero-order valence-corrected chi connectivity index (χ0v) is 19.3. The summed E-state index contributed by atoms with van der Waals surface area (Å²) >= 11 is 7.54. The minimum absolute atomic E-state index is 0.111. The highest BCUT2D eigenvalue weighted by Crippen LogP contribution is 2.26. The molecule has 0 aliphatic rings. The molecule has 0 aliphatic heterocycles. The van der Waals surface area contributed by atoms with Gasteiger partial charge >= 0.3 is 0 Å². The number of carbonyl (C=O) groups is 1. The number of aryl methyl sites for hydroxylation is 1. The van der Waals surface area contributed by atoms with E-state index in [9.17, 15) is 9.59 Å². The van der Waals surface area contributed by atoms with Crippen LogP contribution in [0.2, 0.25) is 5.02 Å². The number of hydrogen-bond donors (Lipinski definition) is 1. The third-order valence-corrected chi connectivity index (χ3v) is 6.55. The maximum absolute atomic E-state index is 13.4. The van der Waals surface area contributed by atoms with Gasteiger partial charge in [-0.25, -0.2) is 4.98 Å². The number of thioether (sulfide) groups is 1. The molecule has 0 saturated carbocycles. The second-order valence-electron chi connectivity index (χ2n) is 7.32. The fourth-order valence-electron chi connectivity index (χ4n) is 3.41. The van der Waals surface area contributed by atoms with Crippen LogP contribution < -0.4 is 10.9 Å². The summed E-state index contributed by atoms with van der Waals surface area (Å²) in [5.41, 5.74) is 3.76. The van der Waals surface area contributed by atoms with Crippen molar-refractivity contribution in [3.63, 3.8) is 0 Å². The van der Waals surface area contributed by atoms with E-state index in [0.717, 1.165) is 17.7 Å². The summed E-state index contributed by atoms with van der Waals surface area (Å²) in [5, 5.41) is 4.41. The molecule has 0 spiro atoms. The Bertz CT molecular complexity index is 1350. The van der Waals surface area contributed by atoms with Crippen molar-refractivity contribution in [1.82, 2.24) is 9.55 Å². The second kappa shape index (κ2) is 9.59. The van der Waals surface area contributed by atoms with Gasteiger partial charge in [0, 0.05) is 10.7 Å². The summed E-state index contributed by atoms with van der Waals surface area (Å²) in [5.74, 6) is -0.0593. The molecule has 1 heterocycles. The SMILES string of the molecule is CCc1ccc(NC(=O)CSc2nc3ccccc3c(=O)n2-c2cccc(Cl)c2C)cc1. The normalized spacial score (nSPS) is 11.0. The van der Waals surface area contributed by atoms with E-state index in [-0.39, 0.29) is 17.2 Å². The van der Waals surface area contributed by atoms with E-state index < -0.39 is 0 Å². The molecule has 0 aliphatic carbocycles. The first kappa shape index (κ1) is 22.1. The number of hydrogen-bond acceptors (Lipinski definition) is 4. The lowest BCUT2D eigenvalue weighted by atomic mass is 10.1. The molecule has 4 aromatic rings. The first-order chi connectivity index (χ1) is 15.5. The van der Waals surface area contributed by atoms with Crippen molar-refractivity contribution in [2.45, 2.75) is 25.4 Å². The number of benzene rings is 3. The minimum atomic E-state index is -0.195. The second-order valence-corrected chi connectivity index (χ2v) is 8.67. The van der Waals surface area contributed by atoms with E-state index in [1.807, 2.05) is 49.4 Å². The van der Waals surface area contributed by atoms with Gasteiger partial charge in [0.2, 0.25) is 5.91 Å². The van der Waals surface area contributed by atoms with Gasteiger partial charge in [-0.15, -0.1) is 0 Å². The highest BCUT2D eigenvalue weighted by Gasteiger charge is 2.17. The molecule has 0 bridgehead atoms. The predicted molar refractivity (Wildman–Crippen MR) is 132 cm³/mol. The molecule has 0 atom stereocenters. The van der Waals surface area contributed by atoms with Gasteiger partial charge in [-0.3, -0.25) is 14.2 Å². The van der Waals surface area contributed by atoms with E-state index >= 15 is 0 Å². The Hall–Kier alpha value is -3.09. The fourth-order valence-corrected chi connectivity index (χ4v) is 4.39. The monoisotopic (exact) mass is 463 g/mol. The molecular weight excluding hydrogens is 442 g/mol. The average Bonchev–Trinajstić information content (AvgIpc) is 2.80. The zero-order chi connectivity index (χ0) is 22.7. The molecule has 32 heavy (non-hydrogen) atoms. The summed E-state index contributed by atoms with van der Waals surface area (Å²) in [7, 11) is 0. The number of amides is 1. The summed E-state index contributed by atoms with van der Waals surface area (Å²) in [6.07, 6.45) is 0.943. The van der Waals surface area contributed by atoms with Gasteiger partial charge in [0.15, 0.2) is 5.16 Å². The third-order valence-electron chi connectivity index (χ3n) is 5.20. The fraction of sp³-hybridized carbons (Fsp3) is 0.160. The number of nitrogens with zero attached hydrogens (tertiary/aromatic N) is 2. The number of anilines is 1. The van der Waals surface area contributed by atoms with Crippen molar-refractivity contribution in [1.29, 1.82) is 0 Å². The Labute approximate surface area is 195 Å². The Balaban J connectivity index is 1.67. The molecule has 0 fully saturated rings. The molecule has 0 saturated heterocycles. The Morgan fingerprint density at radius 3 is 2.56 bits per heavy atom. The van der Waals surface area contributed by atoms with E-state index in [4.69, 9.17) is 11.6 Å². The molecule has 5 nitrogen and oxygen atoms in total. The van der Waals surface area contributed by atoms with Crippen molar-refractivity contribution in [2.75, 3.05) is 11.1 Å². The molecule has 1 N–H and O–H groups in total. The quantitative estimate of drug-likeness (QED) is 0.297. The lowest BCUT2D eigenvalue weighted by molar-refractivity contribution is -0.113. The van der Waals surface area contributed by atoms with Gasteiger partial charge in [-0.05, 0) is 60.9 Å². The molecule has 1 aromatic heterocycles. The predicted octanol–water partition coefficient (Wildman–Crippen LogP) is 5.64. The van der Waals surface area contributed by atoms with Crippen molar-refractivity contribution in [3.8, 4) is 5.69 Å². The van der Waals surface area contributed by atoms with Crippen LogP contribution in [0.4, 0.5) is 5.69 Å². The van der Waals surface area contributed by atoms with Crippen LogP contribution in [0.1, 0.15) is 18.1 Å². The van der Waals surface area contributed by atoms with Crippen LogP contribution in [-0.4, -0.2) is 21.2 Å². The molecule has 7 heteroatoms. The van der Waals surface area contributed by atoms with E-state index in [1.165, 1.54) is 21.9 Å². The Morgan fingerprint density at radius 2 is 1.81 bits per heavy atom. The molecule has 4 rings (SSSR count). The summed E-state index contributed by atoms with van der Waals surface area (Å²) in [4.78, 5) is 30.7. The van der Waals surface area contributed by atoms with Crippen LogP contribution in [0.15, 0.2) is 76.7 Å². The van der Waals surface area contributed by atoms with E-state index in [2.05, 4.69) is 17.2 Å². The van der Waals surface area contributed by atoms with Crippen molar-refractivity contribution in [3.05, 3.63) is 93.2 Å². The van der Waals surface area contributed by atoms with Gasteiger partial charge in [-0.1, -0.05) is 60.6 Å². The van der Waals surface area contributed by atoms with Crippen LogP contribution in [0.25, 0.3) is 16.6 Å². The number of rotatable bonds is 6. The highest BCUT2D eigenvalue weighted by molar-refractivity contribution is 7.99. The average molecular weight is 464 g/mol. The lowest BCUT2D eigenvalue weighted by Crippen LogP contribution is -2.23. The number of halogens is 1. The Morgan fingerprint density at radius 1 is 1.06 bits per heavy atom. The maximum Gasteiger partial charge on any atom is 0.266 e. The van der Waals surface area contributed by atoms with Crippen LogP contribution in [0, 0.1) is 6.92 Å². The van der Waals surface area contributed by atoms with E-state index in [1.54, 1.807) is 24.3 Å². The standard InChI is InChI=1S/C25H22ClN3O2S/c1-3-17-11-13-18(14-12-17)27-23(30)15-32-25-28-21-9-5-4-7-19(21)24(31)29(25)22-10-6-8-20(26)16(22)2/h4-14H,3,15H2,1-2H3,(H,27,30). The van der Waals surface area contributed by atoms with E-state index in [0.29, 0.717) is 26.8 Å². The van der Waals surface area contributed by atoms with Crippen molar-refractivity contribution >= 4 is 45.9 Å². The van der Waals surface area contributed by atoms with Gasteiger partial charge in [0.1, 0.15) is 0 Å². The highest BCUT2D eigenvalue weighted by atomic mass is 35.5. The first-order valence-corrected chi connectivity index (χ1v) is 11.6. The smallest absolute Gasteiger partial charge is 0.266 e. The van der Waals surface area contributed by atoms with Crippen LogP contribution >= 0.6 is 23.4 Å².